The van der Waals surface area contributed by atoms with Gasteiger partial charge in [0, 0.05) is 11.4 Å². The number of hydrogen-bond acceptors (Lipinski definition) is 2. The van der Waals surface area contributed by atoms with Gasteiger partial charge < -0.3 is 5.73 Å². The van der Waals surface area contributed by atoms with E-state index in [9.17, 15) is 0 Å². The highest BCUT2D eigenvalue weighted by Crippen LogP contribution is 2.28. The largest absolute Gasteiger partial charge is 0.326 e. The summed E-state index contributed by atoms with van der Waals surface area (Å²) in [7, 11) is 0. The molecule has 2 aromatic carbocycles. The van der Waals surface area contributed by atoms with Gasteiger partial charge in [-0.05, 0) is 30.5 Å². The Hall–Kier alpha value is -2.13. The Labute approximate surface area is 125 Å². The standard InChI is InChI=1S/C18H21N3/c1-3-16(19)18(15-10-6-4-8-13(15)2)21-17-11-7-5-9-14(17)12-20-21/h4-12,16,18H,3,19H2,1-2H3. The lowest BCUT2D eigenvalue weighted by molar-refractivity contribution is 0.433. The monoisotopic (exact) mass is 279 g/mol. The fourth-order valence-electron chi connectivity index (χ4n) is 2.90. The van der Waals surface area contributed by atoms with Crippen molar-refractivity contribution in [1.82, 2.24) is 9.78 Å². The maximum atomic E-state index is 6.44. The molecule has 2 N–H and O–H groups in total. The molecule has 0 amide bonds. The van der Waals surface area contributed by atoms with Crippen molar-refractivity contribution in [3.63, 3.8) is 0 Å². The summed E-state index contributed by atoms with van der Waals surface area (Å²) in [6.45, 7) is 4.26. The van der Waals surface area contributed by atoms with E-state index in [0.717, 1.165) is 17.3 Å². The van der Waals surface area contributed by atoms with Gasteiger partial charge in [0.2, 0.25) is 0 Å². The van der Waals surface area contributed by atoms with E-state index in [2.05, 4.69) is 60.0 Å². The summed E-state index contributed by atoms with van der Waals surface area (Å²) in [4.78, 5) is 0. The molecule has 0 bridgehead atoms. The highest BCUT2D eigenvalue weighted by Gasteiger charge is 2.24. The third-order valence-corrected chi connectivity index (χ3v) is 4.15. The summed E-state index contributed by atoms with van der Waals surface area (Å²) in [6.07, 6.45) is 2.83. The number of aromatic nitrogens is 2. The average molecular weight is 279 g/mol. The van der Waals surface area contributed by atoms with Gasteiger partial charge in [0.1, 0.15) is 0 Å². The van der Waals surface area contributed by atoms with E-state index < -0.39 is 0 Å². The molecule has 3 nitrogen and oxygen atoms in total. The zero-order valence-corrected chi connectivity index (χ0v) is 12.5. The van der Waals surface area contributed by atoms with Crippen molar-refractivity contribution >= 4 is 10.9 Å². The van der Waals surface area contributed by atoms with Gasteiger partial charge in [-0.25, -0.2) is 0 Å². The van der Waals surface area contributed by atoms with Gasteiger partial charge in [-0.15, -0.1) is 0 Å². The van der Waals surface area contributed by atoms with Crippen LogP contribution < -0.4 is 5.73 Å². The van der Waals surface area contributed by atoms with Gasteiger partial charge in [0.25, 0.3) is 0 Å². The Morgan fingerprint density at radius 3 is 2.57 bits per heavy atom. The molecule has 3 aromatic rings. The highest BCUT2D eigenvalue weighted by molar-refractivity contribution is 5.78. The van der Waals surface area contributed by atoms with E-state index in [1.807, 2.05) is 18.3 Å². The van der Waals surface area contributed by atoms with Gasteiger partial charge in [-0.3, -0.25) is 4.68 Å². The summed E-state index contributed by atoms with van der Waals surface area (Å²) in [5.41, 5.74) is 10.1. The summed E-state index contributed by atoms with van der Waals surface area (Å²) in [5, 5.41) is 5.77. The summed E-state index contributed by atoms with van der Waals surface area (Å²) in [6, 6.07) is 16.8. The van der Waals surface area contributed by atoms with Gasteiger partial charge in [-0.2, -0.15) is 5.10 Å². The Bertz CT molecular complexity index is 745. The maximum Gasteiger partial charge on any atom is 0.0928 e. The third kappa shape index (κ3) is 2.45. The molecule has 0 spiro atoms. The van der Waals surface area contributed by atoms with Crippen molar-refractivity contribution in [3.05, 3.63) is 65.9 Å². The van der Waals surface area contributed by atoms with Crippen LogP contribution in [-0.4, -0.2) is 15.8 Å². The van der Waals surface area contributed by atoms with E-state index in [-0.39, 0.29) is 12.1 Å². The number of rotatable bonds is 4. The van der Waals surface area contributed by atoms with Crippen LogP contribution in [0.2, 0.25) is 0 Å². The van der Waals surface area contributed by atoms with E-state index in [0.29, 0.717) is 0 Å². The molecule has 0 aliphatic carbocycles. The van der Waals surface area contributed by atoms with Crippen LogP contribution in [0.4, 0.5) is 0 Å². The predicted octanol–water partition coefficient (Wildman–Crippen LogP) is 3.67. The first-order valence-corrected chi connectivity index (χ1v) is 7.45. The number of aryl methyl sites for hydroxylation is 1. The molecular weight excluding hydrogens is 258 g/mol. The fourth-order valence-corrected chi connectivity index (χ4v) is 2.90. The molecule has 1 aromatic heterocycles. The van der Waals surface area contributed by atoms with Crippen LogP contribution in [0.1, 0.15) is 30.5 Å². The van der Waals surface area contributed by atoms with E-state index in [1.54, 1.807) is 0 Å². The smallest absolute Gasteiger partial charge is 0.0928 e. The van der Waals surface area contributed by atoms with Gasteiger partial charge in [0.05, 0.1) is 17.8 Å². The minimum atomic E-state index is 0.0365. The second kappa shape index (κ2) is 5.70. The minimum absolute atomic E-state index is 0.0365. The molecule has 1 heterocycles. The first-order chi connectivity index (χ1) is 10.2. The Balaban J connectivity index is 2.19. The van der Waals surface area contributed by atoms with Gasteiger partial charge >= 0.3 is 0 Å². The molecule has 3 rings (SSSR count). The van der Waals surface area contributed by atoms with Crippen molar-refractivity contribution < 1.29 is 0 Å². The van der Waals surface area contributed by atoms with Crippen LogP contribution in [0.3, 0.4) is 0 Å². The number of nitrogens with zero attached hydrogens (tertiary/aromatic N) is 2. The van der Waals surface area contributed by atoms with Crippen LogP contribution in [0.5, 0.6) is 0 Å². The summed E-state index contributed by atoms with van der Waals surface area (Å²) >= 11 is 0. The van der Waals surface area contributed by atoms with Crippen molar-refractivity contribution in [3.8, 4) is 0 Å². The lowest BCUT2D eigenvalue weighted by Gasteiger charge is -2.26. The molecule has 2 atom stereocenters. The second-order valence-electron chi connectivity index (χ2n) is 5.52. The van der Waals surface area contributed by atoms with Crippen LogP contribution in [0.15, 0.2) is 54.7 Å². The van der Waals surface area contributed by atoms with Crippen LogP contribution in [0, 0.1) is 6.92 Å². The molecule has 21 heavy (non-hydrogen) atoms. The summed E-state index contributed by atoms with van der Waals surface area (Å²) in [5.74, 6) is 0. The molecule has 108 valence electrons. The fraction of sp³-hybridized carbons (Fsp3) is 0.278. The molecule has 0 aliphatic rings. The average Bonchev–Trinajstić information content (AvgIpc) is 2.93. The lowest BCUT2D eigenvalue weighted by atomic mass is 9.94. The lowest BCUT2D eigenvalue weighted by Crippen LogP contribution is -2.33. The van der Waals surface area contributed by atoms with E-state index in [4.69, 9.17) is 5.73 Å². The first kappa shape index (κ1) is 13.8. The number of hydrogen-bond donors (Lipinski definition) is 1. The molecule has 0 saturated heterocycles. The molecule has 0 saturated carbocycles. The molecule has 0 fully saturated rings. The number of para-hydroxylation sites is 1. The third-order valence-electron chi connectivity index (χ3n) is 4.15. The predicted molar refractivity (Wildman–Crippen MR) is 87.3 cm³/mol. The zero-order chi connectivity index (χ0) is 14.8. The number of benzene rings is 2. The van der Waals surface area contributed by atoms with Crippen molar-refractivity contribution in [1.29, 1.82) is 0 Å². The first-order valence-electron chi connectivity index (χ1n) is 7.45. The van der Waals surface area contributed by atoms with Crippen LogP contribution in [0.25, 0.3) is 10.9 Å². The highest BCUT2D eigenvalue weighted by atomic mass is 15.3. The van der Waals surface area contributed by atoms with E-state index in [1.165, 1.54) is 11.1 Å². The topological polar surface area (TPSA) is 43.8 Å². The second-order valence-corrected chi connectivity index (χ2v) is 5.52. The number of fused-ring (bicyclic) bond motifs is 1. The molecule has 0 radical (unpaired) electrons. The Kier molecular flexibility index (Phi) is 3.76. The molecule has 3 heteroatoms. The minimum Gasteiger partial charge on any atom is -0.326 e. The SMILES string of the molecule is CCC(N)C(c1ccccc1C)n1ncc2ccccc21. The quantitative estimate of drug-likeness (QED) is 0.792. The Morgan fingerprint density at radius 2 is 1.81 bits per heavy atom. The molecule has 2 unspecified atom stereocenters. The summed E-state index contributed by atoms with van der Waals surface area (Å²) < 4.78 is 2.08. The van der Waals surface area contributed by atoms with Crippen LogP contribution in [-0.2, 0) is 0 Å². The van der Waals surface area contributed by atoms with Gasteiger partial charge in [-0.1, -0.05) is 49.4 Å². The number of nitrogens with two attached hydrogens (primary N) is 1. The maximum absolute atomic E-state index is 6.44. The van der Waals surface area contributed by atoms with E-state index >= 15 is 0 Å². The van der Waals surface area contributed by atoms with Crippen LogP contribution >= 0.6 is 0 Å². The van der Waals surface area contributed by atoms with Crippen molar-refractivity contribution in [2.75, 3.05) is 0 Å². The van der Waals surface area contributed by atoms with Crippen molar-refractivity contribution in [2.45, 2.75) is 32.4 Å². The molecule has 0 aliphatic heterocycles. The zero-order valence-electron chi connectivity index (χ0n) is 12.5. The van der Waals surface area contributed by atoms with Gasteiger partial charge in [0.15, 0.2) is 0 Å². The van der Waals surface area contributed by atoms with Crippen molar-refractivity contribution in [2.24, 2.45) is 5.73 Å². The molecular formula is C18H21N3. The normalized spacial score (nSPS) is 14.2. The Morgan fingerprint density at radius 1 is 1.10 bits per heavy atom.